The summed E-state index contributed by atoms with van der Waals surface area (Å²) in [5.74, 6) is 1.52. The summed E-state index contributed by atoms with van der Waals surface area (Å²) in [5.41, 5.74) is 3.76. The van der Waals surface area contributed by atoms with Crippen LogP contribution in [0.5, 0.6) is 11.5 Å². The van der Waals surface area contributed by atoms with Crippen LogP contribution in [0.3, 0.4) is 0 Å². The zero-order valence-electron chi connectivity index (χ0n) is 17.8. The van der Waals surface area contributed by atoms with Crippen molar-refractivity contribution in [2.45, 2.75) is 38.6 Å². The van der Waals surface area contributed by atoms with Crippen molar-refractivity contribution >= 4 is 17.5 Å². The van der Waals surface area contributed by atoms with Gasteiger partial charge < -0.3 is 19.3 Å². The molecule has 6 heteroatoms. The van der Waals surface area contributed by atoms with Crippen LogP contribution in [0, 0.1) is 0 Å². The molecule has 0 saturated carbocycles. The summed E-state index contributed by atoms with van der Waals surface area (Å²) in [6.07, 6.45) is 3.17. The SMILES string of the molecule is CCC(=O)N1CCc2cc(C(=O)N3CCCC3c3ccc(OC)c(OC)c3)ccc21. The monoisotopic (exact) mass is 408 g/mol. The van der Waals surface area contributed by atoms with Gasteiger partial charge in [-0.15, -0.1) is 0 Å². The summed E-state index contributed by atoms with van der Waals surface area (Å²) in [4.78, 5) is 29.3. The maximum Gasteiger partial charge on any atom is 0.254 e. The molecule has 2 amide bonds. The van der Waals surface area contributed by atoms with Gasteiger partial charge >= 0.3 is 0 Å². The van der Waals surface area contributed by atoms with E-state index in [1.807, 2.05) is 53.1 Å². The molecule has 0 aliphatic carbocycles. The van der Waals surface area contributed by atoms with Gasteiger partial charge in [0.1, 0.15) is 0 Å². The van der Waals surface area contributed by atoms with E-state index in [-0.39, 0.29) is 17.9 Å². The normalized spacial score (nSPS) is 17.8. The standard InChI is InChI=1S/C24H28N2O4/c1-4-23(27)25-13-11-17-14-18(7-9-20(17)25)24(28)26-12-5-6-19(26)16-8-10-21(29-2)22(15-16)30-3/h7-10,14-15,19H,4-6,11-13H2,1-3H3. The van der Waals surface area contributed by atoms with Gasteiger partial charge in [0.25, 0.3) is 5.91 Å². The second-order valence-corrected chi connectivity index (χ2v) is 7.76. The number of ether oxygens (including phenoxy) is 2. The summed E-state index contributed by atoms with van der Waals surface area (Å²) in [6, 6.07) is 11.6. The fraction of sp³-hybridized carbons (Fsp3) is 0.417. The number of nitrogens with zero attached hydrogens (tertiary/aromatic N) is 2. The minimum absolute atomic E-state index is 0.0173. The van der Waals surface area contributed by atoms with E-state index in [2.05, 4.69) is 0 Å². The first-order chi connectivity index (χ1) is 14.6. The van der Waals surface area contributed by atoms with Gasteiger partial charge in [-0.25, -0.2) is 0 Å². The number of anilines is 1. The number of carbonyl (C=O) groups is 2. The van der Waals surface area contributed by atoms with E-state index in [4.69, 9.17) is 9.47 Å². The Balaban J connectivity index is 1.58. The molecule has 1 saturated heterocycles. The lowest BCUT2D eigenvalue weighted by molar-refractivity contribution is -0.118. The summed E-state index contributed by atoms with van der Waals surface area (Å²) in [5, 5.41) is 0. The topological polar surface area (TPSA) is 59.1 Å². The summed E-state index contributed by atoms with van der Waals surface area (Å²) in [7, 11) is 3.24. The van der Waals surface area contributed by atoms with Crippen LogP contribution in [0.25, 0.3) is 0 Å². The van der Waals surface area contributed by atoms with E-state index in [0.29, 0.717) is 30.0 Å². The quantitative estimate of drug-likeness (QED) is 0.751. The smallest absolute Gasteiger partial charge is 0.254 e. The molecule has 0 N–H and O–H groups in total. The molecule has 1 fully saturated rings. The van der Waals surface area contributed by atoms with Crippen LogP contribution < -0.4 is 14.4 Å². The van der Waals surface area contributed by atoms with Gasteiger partial charge in [0, 0.05) is 30.8 Å². The maximum atomic E-state index is 13.4. The minimum Gasteiger partial charge on any atom is -0.493 e. The number of benzene rings is 2. The Morgan fingerprint density at radius 1 is 1.03 bits per heavy atom. The predicted molar refractivity (Wildman–Crippen MR) is 115 cm³/mol. The predicted octanol–water partition coefficient (Wildman–Crippen LogP) is 3.98. The lowest BCUT2D eigenvalue weighted by Crippen LogP contribution is -2.30. The molecule has 6 nitrogen and oxygen atoms in total. The molecule has 0 bridgehead atoms. The zero-order chi connectivity index (χ0) is 21.3. The molecule has 30 heavy (non-hydrogen) atoms. The van der Waals surface area contributed by atoms with Crippen LogP contribution >= 0.6 is 0 Å². The van der Waals surface area contributed by atoms with Gasteiger partial charge in [-0.3, -0.25) is 9.59 Å². The number of methoxy groups -OCH3 is 2. The first kappa shape index (κ1) is 20.3. The van der Waals surface area contributed by atoms with E-state index in [9.17, 15) is 9.59 Å². The number of carbonyl (C=O) groups excluding carboxylic acids is 2. The van der Waals surface area contributed by atoms with Crippen LogP contribution in [0.1, 0.15) is 53.7 Å². The highest BCUT2D eigenvalue weighted by Crippen LogP contribution is 2.38. The Morgan fingerprint density at radius 3 is 2.57 bits per heavy atom. The van der Waals surface area contributed by atoms with Crippen molar-refractivity contribution in [3.63, 3.8) is 0 Å². The highest BCUT2D eigenvalue weighted by atomic mass is 16.5. The molecule has 4 rings (SSSR count). The number of likely N-dealkylation sites (tertiary alicyclic amines) is 1. The lowest BCUT2D eigenvalue weighted by Gasteiger charge is -2.26. The molecule has 0 spiro atoms. The summed E-state index contributed by atoms with van der Waals surface area (Å²) in [6.45, 7) is 3.30. The van der Waals surface area contributed by atoms with Crippen molar-refractivity contribution in [3.05, 3.63) is 53.1 Å². The van der Waals surface area contributed by atoms with Gasteiger partial charge in [0.15, 0.2) is 11.5 Å². The number of hydrogen-bond donors (Lipinski definition) is 0. The van der Waals surface area contributed by atoms with Crippen molar-refractivity contribution in [2.24, 2.45) is 0 Å². The van der Waals surface area contributed by atoms with E-state index >= 15 is 0 Å². The van der Waals surface area contributed by atoms with Crippen molar-refractivity contribution < 1.29 is 19.1 Å². The van der Waals surface area contributed by atoms with Gasteiger partial charge in [0.05, 0.1) is 20.3 Å². The molecule has 158 valence electrons. The first-order valence-corrected chi connectivity index (χ1v) is 10.5. The Bertz CT molecular complexity index is 972. The van der Waals surface area contributed by atoms with Crippen LogP contribution in [-0.4, -0.2) is 44.0 Å². The van der Waals surface area contributed by atoms with Crippen LogP contribution in [0.4, 0.5) is 5.69 Å². The second kappa shape index (κ2) is 8.38. The molecule has 2 aliphatic heterocycles. The third-order valence-corrected chi connectivity index (χ3v) is 6.13. The van der Waals surface area contributed by atoms with E-state index in [1.165, 1.54) is 0 Å². The zero-order valence-corrected chi connectivity index (χ0v) is 17.8. The first-order valence-electron chi connectivity index (χ1n) is 10.5. The van der Waals surface area contributed by atoms with Crippen LogP contribution in [-0.2, 0) is 11.2 Å². The van der Waals surface area contributed by atoms with Gasteiger partial charge in [-0.1, -0.05) is 13.0 Å². The molecule has 2 heterocycles. The molecule has 2 aromatic rings. The number of hydrogen-bond acceptors (Lipinski definition) is 4. The maximum absolute atomic E-state index is 13.4. The van der Waals surface area contributed by atoms with Crippen molar-refractivity contribution in [3.8, 4) is 11.5 Å². The van der Waals surface area contributed by atoms with Gasteiger partial charge in [-0.2, -0.15) is 0 Å². The molecule has 0 radical (unpaired) electrons. The average Bonchev–Trinajstić information content (AvgIpc) is 3.44. The van der Waals surface area contributed by atoms with E-state index in [1.54, 1.807) is 14.2 Å². The van der Waals surface area contributed by atoms with E-state index < -0.39 is 0 Å². The highest BCUT2D eigenvalue weighted by molar-refractivity contribution is 5.98. The molecule has 0 aromatic heterocycles. The molecule has 2 aromatic carbocycles. The minimum atomic E-state index is 0.0173. The largest absolute Gasteiger partial charge is 0.493 e. The average molecular weight is 408 g/mol. The third kappa shape index (κ3) is 3.51. The van der Waals surface area contributed by atoms with Crippen molar-refractivity contribution in [1.82, 2.24) is 4.90 Å². The summed E-state index contributed by atoms with van der Waals surface area (Å²) >= 11 is 0. The molecular formula is C24H28N2O4. The van der Waals surface area contributed by atoms with Crippen molar-refractivity contribution in [2.75, 3.05) is 32.2 Å². The van der Waals surface area contributed by atoms with Gasteiger partial charge in [-0.05, 0) is 60.7 Å². The third-order valence-electron chi connectivity index (χ3n) is 6.13. The van der Waals surface area contributed by atoms with Crippen molar-refractivity contribution in [1.29, 1.82) is 0 Å². The van der Waals surface area contributed by atoms with Crippen LogP contribution in [0.15, 0.2) is 36.4 Å². The fourth-order valence-electron chi connectivity index (χ4n) is 4.57. The Labute approximate surface area is 177 Å². The fourth-order valence-corrected chi connectivity index (χ4v) is 4.57. The molecular weight excluding hydrogens is 380 g/mol. The molecule has 1 unspecified atom stereocenters. The second-order valence-electron chi connectivity index (χ2n) is 7.76. The molecule has 2 aliphatic rings. The molecule has 1 atom stereocenters. The lowest BCUT2D eigenvalue weighted by atomic mass is 10.0. The number of amides is 2. The number of fused-ring (bicyclic) bond motifs is 1. The van der Waals surface area contributed by atoms with Crippen LogP contribution in [0.2, 0.25) is 0 Å². The highest BCUT2D eigenvalue weighted by Gasteiger charge is 2.32. The summed E-state index contributed by atoms with van der Waals surface area (Å²) < 4.78 is 10.8. The number of rotatable bonds is 5. The van der Waals surface area contributed by atoms with Gasteiger partial charge in [0.2, 0.25) is 5.91 Å². The Morgan fingerprint density at radius 2 is 1.83 bits per heavy atom. The Kier molecular flexibility index (Phi) is 5.66. The van der Waals surface area contributed by atoms with E-state index in [0.717, 1.165) is 42.6 Å². The Hall–Kier alpha value is -3.02.